The van der Waals surface area contributed by atoms with Crippen molar-refractivity contribution in [3.8, 4) is 0 Å². The van der Waals surface area contributed by atoms with E-state index in [2.05, 4.69) is 29.6 Å². The van der Waals surface area contributed by atoms with Crippen LogP contribution in [0.3, 0.4) is 0 Å². The summed E-state index contributed by atoms with van der Waals surface area (Å²) in [6.45, 7) is 2.11. The number of nitrogens with one attached hydrogen (secondary N) is 1. The maximum Gasteiger partial charge on any atom is 0.0700 e. The highest BCUT2D eigenvalue weighted by Gasteiger charge is 2.20. The SMILES string of the molecule is CNC(CCOCCOC)c1cccc(C2CCC2)c1. The van der Waals surface area contributed by atoms with Crippen molar-refractivity contribution >= 4 is 0 Å². The topological polar surface area (TPSA) is 30.5 Å². The molecule has 2 rings (SSSR count). The molecule has 1 unspecified atom stereocenters. The van der Waals surface area contributed by atoms with E-state index >= 15 is 0 Å². The predicted octanol–water partition coefficient (Wildman–Crippen LogP) is 3.27. The highest BCUT2D eigenvalue weighted by molar-refractivity contribution is 5.29. The van der Waals surface area contributed by atoms with Crippen LogP contribution in [0.5, 0.6) is 0 Å². The highest BCUT2D eigenvalue weighted by atomic mass is 16.5. The van der Waals surface area contributed by atoms with Crippen LogP contribution >= 0.6 is 0 Å². The van der Waals surface area contributed by atoms with Crippen LogP contribution in [0.25, 0.3) is 0 Å². The van der Waals surface area contributed by atoms with Gasteiger partial charge in [0.25, 0.3) is 0 Å². The van der Waals surface area contributed by atoms with Crippen LogP contribution in [0.15, 0.2) is 24.3 Å². The van der Waals surface area contributed by atoms with Gasteiger partial charge in [-0.1, -0.05) is 30.7 Å². The fourth-order valence-electron chi connectivity index (χ4n) is 2.69. The Morgan fingerprint density at radius 2 is 2.10 bits per heavy atom. The second-order valence-electron chi connectivity index (χ2n) is 5.53. The van der Waals surface area contributed by atoms with Crippen molar-refractivity contribution in [1.82, 2.24) is 5.32 Å². The van der Waals surface area contributed by atoms with Crippen LogP contribution in [0.4, 0.5) is 0 Å². The Kier molecular flexibility index (Phi) is 6.51. The van der Waals surface area contributed by atoms with E-state index in [1.165, 1.54) is 30.4 Å². The first-order valence-electron chi connectivity index (χ1n) is 7.69. The van der Waals surface area contributed by atoms with Gasteiger partial charge in [-0.15, -0.1) is 0 Å². The van der Waals surface area contributed by atoms with Crippen molar-refractivity contribution in [3.63, 3.8) is 0 Å². The maximum atomic E-state index is 5.57. The van der Waals surface area contributed by atoms with E-state index < -0.39 is 0 Å². The second kappa shape index (κ2) is 8.40. The van der Waals surface area contributed by atoms with Crippen LogP contribution in [0.1, 0.15) is 48.8 Å². The Labute approximate surface area is 122 Å². The van der Waals surface area contributed by atoms with Gasteiger partial charge in [0.1, 0.15) is 0 Å². The molecule has 3 nitrogen and oxygen atoms in total. The van der Waals surface area contributed by atoms with Gasteiger partial charge in [-0.25, -0.2) is 0 Å². The lowest BCUT2D eigenvalue weighted by atomic mass is 9.79. The van der Waals surface area contributed by atoms with Crippen LogP contribution in [0, 0.1) is 0 Å². The van der Waals surface area contributed by atoms with Crippen LogP contribution in [0.2, 0.25) is 0 Å². The molecule has 0 saturated heterocycles. The van der Waals surface area contributed by atoms with Gasteiger partial charge in [0.15, 0.2) is 0 Å². The maximum absolute atomic E-state index is 5.57. The molecule has 1 N–H and O–H groups in total. The molecule has 0 aliphatic heterocycles. The van der Waals surface area contributed by atoms with E-state index in [1.807, 2.05) is 7.05 Å². The molecule has 3 heteroatoms. The summed E-state index contributed by atoms with van der Waals surface area (Å²) in [7, 11) is 3.72. The van der Waals surface area contributed by atoms with Crippen molar-refractivity contribution in [3.05, 3.63) is 35.4 Å². The summed E-state index contributed by atoms with van der Waals surface area (Å²) in [5, 5.41) is 3.40. The van der Waals surface area contributed by atoms with E-state index in [9.17, 15) is 0 Å². The van der Waals surface area contributed by atoms with Crippen molar-refractivity contribution in [1.29, 1.82) is 0 Å². The van der Waals surface area contributed by atoms with Crippen molar-refractivity contribution in [2.75, 3.05) is 34.0 Å². The lowest BCUT2D eigenvalue weighted by Gasteiger charge is -2.27. The van der Waals surface area contributed by atoms with Gasteiger partial charge in [-0.2, -0.15) is 0 Å². The second-order valence-corrected chi connectivity index (χ2v) is 5.53. The number of hydrogen-bond donors (Lipinski definition) is 1. The average molecular weight is 277 g/mol. The van der Waals surface area contributed by atoms with E-state index in [4.69, 9.17) is 9.47 Å². The molecule has 0 radical (unpaired) electrons. The Morgan fingerprint density at radius 3 is 2.75 bits per heavy atom. The third-order valence-corrected chi connectivity index (χ3v) is 4.22. The zero-order valence-electron chi connectivity index (χ0n) is 12.7. The molecule has 112 valence electrons. The van der Waals surface area contributed by atoms with Crippen LogP contribution in [-0.4, -0.2) is 34.0 Å². The monoisotopic (exact) mass is 277 g/mol. The van der Waals surface area contributed by atoms with Gasteiger partial charge in [0, 0.05) is 19.8 Å². The molecule has 0 aromatic heterocycles. The van der Waals surface area contributed by atoms with Crippen LogP contribution in [-0.2, 0) is 9.47 Å². The van der Waals surface area contributed by atoms with E-state index in [1.54, 1.807) is 7.11 Å². The summed E-state index contributed by atoms with van der Waals surface area (Å²) >= 11 is 0. The van der Waals surface area contributed by atoms with Crippen molar-refractivity contribution in [2.24, 2.45) is 0 Å². The lowest BCUT2D eigenvalue weighted by molar-refractivity contribution is 0.0661. The quantitative estimate of drug-likeness (QED) is 0.703. The molecule has 1 aromatic rings. The summed E-state index contributed by atoms with van der Waals surface area (Å²) in [6, 6.07) is 9.44. The molecule has 1 aliphatic carbocycles. The zero-order chi connectivity index (χ0) is 14.2. The van der Waals surface area contributed by atoms with Crippen molar-refractivity contribution < 1.29 is 9.47 Å². The van der Waals surface area contributed by atoms with Gasteiger partial charge in [-0.3, -0.25) is 0 Å². The molecule has 0 spiro atoms. The zero-order valence-corrected chi connectivity index (χ0v) is 12.7. The minimum absolute atomic E-state index is 0.373. The smallest absolute Gasteiger partial charge is 0.0700 e. The first-order chi connectivity index (χ1) is 9.85. The van der Waals surface area contributed by atoms with Gasteiger partial charge in [0.05, 0.1) is 13.2 Å². The summed E-state index contributed by atoms with van der Waals surface area (Å²) < 4.78 is 10.6. The summed E-state index contributed by atoms with van der Waals surface area (Å²) in [5.41, 5.74) is 2.89. The Bertz CT molecular complexity index is 390. The summed E-state index contributed by atoms with van der Waals surface area (Å²) in [5.74, 6) is 0.797. The summed E-state index contributed by atoms with van der Waals surface area (Å²) in [4.78, 5) is 0. The molecule has 0 amide bonds. The minimum atomic E-state index is 0.373. The lowest BCUT2D eigenvalue weighted by Crippen LogP contribution is -2.19. The molecular weight excluding hydrogens is 250 g/mol. The molecule has 1 saturated carbocycles. The van der Waals surface area contributed by atoms with Crippen molar-refractivity contribution in [2.45, 2.75) is 37.6 Å². The van der Waals surface area contributed by atoms with E-state index in [-0.39, 0.29) is 0 Å². The predicted molar refractivity (Wildman–Crippen MR) is 82.1 cm³/mol. The van der Waals surface area contributed by atoms with E-state index in [0.717, 1.165) is 18.9 Å². The number of ether oxygens (including phenoxy) is 2. The normalized spacial score (nSPS) is 16.9. The minimum Gasteiger partial charge on any atom is -0.382 e. The Hall–Kier alpha value is -0.900. The Balaban J connectivity index is 1.86. The fraction of sp³-hybridized carbons (Fsp3) is 0.647. The van der Waals surface area contributed by atoms with Gasteiger partial charge >= 0.3 is 0 Å². The highest BCUT2D eigenvalue weighted by Crippen LogP contribution is 2.37. The fourth-order valence-corrected chi connectivity index (χ4v) is 2.69. The van der Waals surface area contributed by atoms with Gasteiger partial charge < -0.3 is 14.8 Å². The molecule has 1 aliphatic rings. The van der Waals surface area contributed by atoms with Gasteiger partial charge in [-0.05, 0) is 43.4 Å². The molecule has 20 heavy (non-hydrogen) atoms. The number of benzene rings is 1. The Morgan fingerprint density at radius 1 is 1.25 bits per heavy atom. The first-order valence-corrected chi connectivity index (χ1v) is 7.69. The third-order valence-electron chi connectivity index (χ3n) is 4.22. The number of hydrogen-bond acceptors (Lipinski definition) is 3. The first kappa shape index (κ1) is 15.5. The number of methoxy groups -OCH3 is 1. The van der Waals surface area contributed by atoms with Gasteiger partial charge in [0.2, 0.25) is 0 Å². The van der Waals surface area contributed by atoms with E-state index in [0.29, 0.717) is 19.3 Å². The third kappa shape index (κ3) is 4.30. The molecule has 1 aromatic carbocycles. The molecular formula is C17H27NO2. The van der Waals surface area contributed by atoms with Crippen LogP contribution < -0.4 is 5.32 Å². The molecule has 0 bridgehead atoms. The average Bonchev–Trinajstić information content (AvgIpc) is 2.41. The molecule has 0 heterocycles. The number of rotatable bonds is 9. The molecule has 1 fully saturated rings. The standard InChI is InChI=1S/C17H27NO2/c1-18-17(9-10-20-12-11-19-2)16-8-4-7-15(13-16)14-5-3-6-14/h4,7-8,13-14,17-18H,3,5-6,9-12H2,1-2H3. The molecule has 1 atom stereocenters. The largest absolute Gasteiger partial charge is 0.382 e. The summed E-state index contributed by atoms with van der Waals surface area (Å²) in [6.07, 6.45) is 5.09.